The molecule has 0 amide bonds. The van der Waals surface area contributed by atoms with Crippen molar-refractivity contribution < 1.29 is 19.7 Å². The van der Waals surface area contributed by atoms with E-state index in [1.54, 1.807) is 13.8 Å². The molecule has 0 unspecified atom stereocenters. The van der Waals surface area contributed by atoms with Gasteiger partial charge in [0.25, 0.3) is 0 Å². The highest BCUT2D eigenvalue weighted by Crippen LogP contribution is 2.29. The molecule has 4 heteroatoms. The summed E-state index contributed by atoms with van der Waals surface area (Å²) in [5.41, 5.74) is -1.12. The summed E-state index contributed by atoms with van der Waals surface area (Å²) in [5, 5.41) is 19.6. The second-order valence-electron chi connectivity index (χ2n) is 4.50. The molecule has 1 aliphatic rings. The van der Waals surface area contributed by atoms with Crippen molar-refractivity contribution in [3.63, 3.8) is 0 Å². The lowest BCUT2D eigenvalue weighted by Gasteiger charge is -2.41. The van der Waals surface area contributed by atoms with Gasteiger partial charge in [0, 0.05) is 13.0 Å². The molecule has 0 spiro atoms. The lowest BCUT2D eigenvalue weighted by atomic mass is 9.89. The average molecular weight is 218 g/mol. The summed E-state index contributed by atoms with van der Waals surface area (Å²) in [6.45, 7) is 6.09. The van der Waals surface area contributed by atoms with Crippen LogP contribution >= 0.6 is 0 Å². The molecular formula is C11H22O4. The Morgan fingerprint density at radius 2 is 2.20 bits per heavy atom. The summed E-state index contributed by atoms with van der Waals surface area (Å²) in [7, 11) is 0. The second kappa shape index (κ2) is 5.25. The SMILES string of the molecule is CCCCO[C@@H]1C[C@@](C)(O)[C@@H](O)[C@H](C)O1. The minimum Gasteiger partial charge on any atom is -0.387 e. The molecule has 0 aromatic rings. The van der Waals surface area contributed by atoms with Crippen LogP contribution in [0.25, 0.3) is 0 Å². The van der Waals surface area contributed by atoms with Crippen molar-refractivity contribution in [2.75, 3.05) is 6.61 Å². The first-order valence-corrected chi connectivity index (χ1v) is 5.65. The van der Waals surface area contributed by atoms with Gasteiger partial charge in [0.1, 0.15) is 6.10 Å². The summed E-state index contributed by atoms with van der Waals surface area (Å²) in [5.74, 6) is 0. The predicted octanol–water partition coefficient (Wildman–Crippen LogP) is 1.05. The second-order valence-corrected chi connectivity index (χ2v) is 4.50. The summed E-state index contributed by atoms with van der Waals surface area (Å²) in [6.07, 6.45) is 0.747. The van der Waals surface area contributed by atoms with Gasteiger partial charge in [0.15, 0.2) is 6.29 Å². The Balaban J connectivity index is 2.42. The molecule has 0 aliphatic carbocycles. The Hall–Kier alpha value is -0.160. The highest BCUT2D eigenvalue weighted by Gasteiger charge is 2.43. The molecule has 4 atom stereocenters. The summed E-state index contributed by atoms with van der Waals surface area (Å²) in [4.78, 5) is 0. The van der Waals surface area contributed by atoms with Crippen LogP contribution in [0.15, 0.2) is 0 Å². The third kappa shape index (κ3) is 3.41. The van der Waals surface area contributed by atoms with Crippen molar-refractivity contribution in [2.45, 2.75) is 64.1 Å². The van der Waals surface area contributed by atoms with Crippen molar-refractivity contribution in [1.82, 2.24) is 0 Å². The van der Waals surface area contributed by atoms with E-state index in [0.717, 1.165) is 12.8 Å². The number of hydrogen-bond donors (Lipinski definition) is 2. The van der Waals surface area contributed by atoms with Crippen LogP contribution < -0.4 is 0 Å². The van der Waals surface area contributed by atoms with Crippen molar-refractivity contribution in [2.24, 2.45) is 0 Å². The molecule has 1 aliphatic heterocycles. The Labute approximate surface area is 91.2 Å². The standard InChI is InChI=1S/C11H22O4/c1-4-5-6-14-9-7-11(3,13)10(12)8(2)15-9/h8-10,12-13H,4-7H2,1-3H3/t8-,9-,10-,11+/m0/s1. The minimum atomic E-state index is -1.12. The fraction of sp³-hybridized carbons (Fsp3) is 1.00. The van der Waals surface area contributed by atoms with Gasteiger partial charge in [-0.2, -0.15) is 0 Å². The average Bonchev–Trinajstić information content (AvgIpc) is 2.14. The fourth-order valence-corrected chi connectivity index (χ4v) is 1.78. The molecule has 1 heterocycles. The Morgan fingerprint density at radius 3 is 2.73 bits per heavy atom. The zero-order valence-corrected chi connectivity index (χ0v) is 9.77. The fourth-order valence-electron chi connectivity index (χ4n) is 1.78. The molecule has 0 aromatic carbocycles. The van der Waals surface area contributed by atoms with Crippen LogP contribution in [0, 0.1) is 0 Å². The normalized spacial score (nSPS) is 41.8. The van der Waals surface area contributed by atoms with E-state index in [-0.39, 0.29) is 6.10 Å². The van der Waals surface area contributed by atoms with Gasteiger partial charge in [-0.25, -0.2) is 0 Å². The Kier molecular flexibility index (Phi) is 4.52. The van der Waals surface area contributed by atoms with Gasteiger partial charge in [-0.3, -0.25) is 0 Å². The van der Waals surface area contributed by atoms with E-state index >= 15 is 0 Å². The zero-order chi connectivity index (χ0) is 11.5. The number of ether oxygens (including phenoxy) is 2. The van der Waals surface area contributed by atoms with Gasteiger partial charge >= 0.3 is 0 Å². The third-order valence-corrected chi connectivity index (χ3v) is 2.83. The summed E-state index contributed by atoms with van der Waals surface area (Å²) in [6, 6.07) is 0. The molecule has 0 aromatic heterocycles. The number of unbranched alkanes of at least 4 members (excludes halogenated alkanes) is 1. The molecular weight excluding hydrogens is 196 g/mol. The van der Waals surface area contributed by atoms with Crippen LogP contribution in [0.5, 0.6) is 0 Å². The summed E-state index contributed by atoms with van der Waals surface area (Å²) < 4.78 is 10.9. The van der Waals surface area contributed by atoms with E-state index in [2.05, 4.69) is 6.92 Å². The number of aliphatic hydroxyl groups is 2. The predicted molar refractivity (Wildman–Crippen MR) is 56.4 cm³/mol. The van der Waals surface area contributed by atoms with E-state index in [0.29, 0.717) is 13.0 Å². The smallest absolute Gasteiger partial charge is 0.160 e. The molecule has 0 bridgehead atoms. The van der Waals surface area contributed by atoms with E-state index in [1.807, 2.05) is 0 Å². The third-order valence-electron chi connectivity index (χ3n) is 2.83. The van der Waals surface area contributed by atoms with Crippen molar-refractivity contribution in [3.8, 4) is 0 Å². The van der Waals surface area contributed by atoms with E-state index in [9.17, 15) is 10.2 Å². The first kappa shape index (κ1) is 12.9. The maximum absolute atomic E-state index is 9.93. The van der Waals surface area contributed by atoms with Crippen molar-refractivity contribution in [1.29, 1.82) is 0 Å². The molecule has 0 saturated carbocycles. The zero-order valence-electron chi connectivity index (χ0n) is 9.77. The van der Waals surface area contributed by atoms with Gasteiger partial charge in [0.2, 0.25) is 0 Å². The van der Waals surface area contributed by atoms with E-state index < -0.39 is 18.0 Å². The van der Waals surface area contributed by atoms with Gasteiger partial charge in [-0.05, 0) is 20.3 Å². The molecule has 0 radical (unpaired) electrons. The summed E-state index contributed by atoms with van der Waals surface area (Å²) >= 11 is 0. The number of hydrogen-bond acceptors (Lipinski definition) is 4. The maximum atomic E-state index is 9.93. The number of aliphatic hydroxyl groups excluding tert-OH is 1. The molecule has 1 saturated heterocycles. The van der Waals surface area contributed by atoms with E-state index in [4.69, 9.17) is 9.47 Å². The quantitative estimate of drug-likeness (QED) is 0.692. The number of rotatable bonds is 4. The molecule has 1 fully saturated rings. The molecule has 4 nitrogen and oxygen atoms in total. The molecule has 15 heavy (non-hydrogen) atoms. The minimum absolute atomic E-state index is 0.322. The van der Waals surface area contributed by atoms with E-state index in [1.165, 1.54) is 0 Å². The van der Waals surface area contributed by atoms with Gasteiger partial charge in [-0.1, -0.05) is 13.3 Å². The Morgan fingerprint density at radius 1 is 1.53 bits per heavy atom. The Bertz CT molecular complexity index is 193. The molecule has 2 N–H and O–H groups in total. The molecule has 1 rings (SSSR count). The van der Waals surface area contributed by atoms with Crippen LogP contribution in [-0.2, 0) is 9.47 Å². The van der Waals surface area contributed by atoms with Crippen molar-refractivity contribution in [3.05, 3.63) is 0 Å². The first-order valence-electron chi connectivity index (χ1n) is 5.65. The van der Waals surface area contributed by atoms with Crippen LogP contribution in [0.3, 0.4) is 0 Å². The lowest BCUT2D eigenvalue weighted by molar-refractivity contribution is -0.272. The lowest BCUT2D eigenvalue weighted by Crippen LogP contribution is -2.55. The van der Waals surface area contributed by atoms with Crippen molar-refractivity contribution >= 4 is 0 Å². The van der Waals surface area contributed by atoms with Gasteiger partial charge in [-0.15, -0.1) is 0 Å². The topological polar surface area (TPSA) is 58.9 Å². The highest BCUT2D eigenvalue weighted by atomic mass is 16.7. The largest absolute Gasteiger partial charge is 0.387 e. The van der Waals surface area contributed by atoms with Crippen LogP contribution in [-0.4, -0.2) is 40.9 Å². The molecule has 90 valence electrons. The van der Waals surface area contributed by atoms with Crippen LogP contribution in [0.4, 0.5) is 0 Å². The maximum Gasteiger partial charge on any atom is 0.160 e. The monoisotopic (exact) mass is 218 g/mol. The first-order chi connectivity index (χ1) is 6.97. The van der Waals surface area contributed by atoms with Crippen LogP contribution in [0.2, 0.25) is 0 Å². The van der Waals surface area contributed by atoms with Gasteiger partial charge < -0.3 is 19.7 Å². The van der Waals surface area contributed by atoms with Crippen LogP contribution in [0.1, 0.15) is 40.0 Å². The highest BCUT2D eigenvalue weighted by molar-refractivity contribution is 4.90. The van der Waals surface area contributed by atoms with Gasteiger partial charge in [0.05, 0.1) is 11.7 Å².